The summed E-state index contributed by atoms with van der Waals surface area (Å²) < 4.78 is 11.2. The Morgan fingerprint density at radius 1 is 0.396 bits per heavy atom. The molecule has 8 aromatic carbocycles. The van der Waals surface area contributed by atoms with Crippen molar-refractivity contribution in [3.63, 3.8) is 0 Å². The Morgan fingerprint density at radius 3 is 1.96 bits per heavy atom. The molecule has 0 unspecified atom stereocenters. The number of fused-ring (bicyclic) bond motifs is 14. The molecular formula is C48H28N4O. The molecular weight excluding hydrogens is 649 g/mol. The van der Waals surface area contributed by atoms with Crippen LogP contribution in [0.1, 0.15) is 0 Å². The van der Waals surface area contributed by atoms with Crippen LogP contribution in [0.3, 0.4) is 0 Å². The first-order chi connectivity index (χ1) is 26.3. The molecule has 12 rings (SSSR count). The van der Waals surface area contributed by atoms with Gasteiger partial charge in [-0.2, -0.15) is 0 Å². The summed E-state index contributed by atoms with van der Waals surface area (Å²) in [5, 5.41) is 10.1. The maximum Gasteiger partial charge on any atom is 0.235 e. The second-order valence-corrected chi connectivity index (χ2v) is 13.7. The maximum atomic E-state index is 6.48. The van der Waals surface area contributed by atoms with Crippen molar-refractivity contribution in [2.45, 2.75) is 0 Å². The van der Waals surface area contributed by atoms with Crippen LogP contribution < -0.4 is 0 Å². The molecule has 246 valence electrons. The molecule has 4 aromatic heterocycles. The van der Waals surface area contributed by atoms with E-state index in [-0.39, 0.29) is 0 Å². The van der Waals surface area contributed by atoms with Gasteiger partial charge in [-0.25, -0.2) is 9.97 Å². The fraction of sp³-hybridized carbons (Fsp3) is 0. The van der Waals surface area contributed by atoms with Crippen molar-refractivity contribution in [1.82, 2.24) is 19.1 Å². The Labute approximate surface area is 302 Å². The normalized spacial score (nSPS) is 12.2. The highest BCUT2D eigenvalue weighted by Crippen LogP contribution is 2.46. The zero-order chi connectivity index (χ0) is 34.6. The average Bonchev–Trinajstić information content (AvgIpc) is 3.88. The SMILES string of the molecule is c1ccc(-c2nc(-n3c4ccc5oc6ccccc6c5c4c4ccc5c6ccccc6n(-c6ccccc6)c5c43)nc3ccc4ccccc4c23)cc1. The first-order valence-corrected chi connectivity index (χ1v) is 17.9. The number of furan rings is 1. The van der Waals surface area contributed by atoms with Gasteiger partial charge < -0.3 is 8.98 Å². The molecule has 12 aromatic rings. The van der Waals surface area contributed by atoms with Crippen molar-refractivity contribution in [3.05, 3.63) is 170 Å². The molecule has 0 saturated heterocycles. The molecule has 53 heavy (non-hydrogen) atoms. The van der Waals surface area contributed by atoms with Gasteiger partial charge in [0.25, 0.3) is 0 Å². The largest absolute Gasteiger partial charge is 0.456 e. The smallest absolute Gasteiger partial charge is 0.235 e. The Hall–Kier alpha value is -7.24. The molecule has 4 heterocycles. The third kappa shape index (κ3) is 3.91. The van der Waals surface area contributed by atoms with Gasteiger partial charge >= 0.3 is 0 Å². The van der Waals surface area contributed by atoms with Gasteiger partial charge in [-0.3, -0.25) is 4.57 Å². The second kappa shape index (κ2) is 10.6. The summed E-state index contributed by atoms with van der Waals surface area (Å²) in [5.41, 5.74) is 10.0. The van der Waals surface area contributed by atoms with Crippen molar-refractivity contribution in [3.8, 4) is 22.9 Å². The van der Waals surface area contributed by atoms with E-state index in [1.165, 1.54) is 10.8 Å². The number of aromatic nitrogens is 4. The molecule has 0 saturated carbocycles. The highest BCUT2D eigenvalue weighted by Gasteiger charge is 2.26. The van der Waals surface area contributed by atoms with Gasteiger partial charge in [0.15, 0.2) is 0 Å². The molecule has 0 aliphatic carbocycles. The zero-order valence-electron chi connectivity index (χ0n) is 28.4. The first kappa shape index (κ1) is 28.5. The van der Waals surface area contributed by atoms with Crippen LogP contribution >= 0.6 is 0 Å². The standard InChI is InChI=1S/C48H28N4O/c1-3-14-30(15-4-1)45-42-32-18-8-7-13-29(32)23-26-37(42)49-48(50-45)52-39-27-28-41-44(35-20-10-12-22-40(35)53-41)43(39)36-25-24-34-33-19-9-11-21-38(33)51(46(34)47(36)52)31-16-5-2-6-17-31/h1-28H. The summed E-state index contributed by atoms with van der Waals surface area (Å²) in [6.45, 7) is 0. The first-order valence-electron chi connectivity index (χ1n) is 17.9. The Balaban J connectivity index is 1.34. The van der Waals surface area contributed by atoms with Gasteiger partial charge in [0, 0.05) is 49.0 Å². The van der Waals surface area contributed by atoms with E-state index in [0.717, 1.165) is 93.4 Å². The molecule has 0 bridgehead atoms. The van der Waals surface area contributed by atoms with Crippen LogP contribution in [0.15, 0.2) is 174 Å². The number of hydrogen-bond acceptors (Lipinski definition) is 3. The summed E-state index contributed by atoms with van der Waals surface area (Å²) in [5.74, 6) is 0.621. The van der Waals surface area contributed by atoms with Crippen molar-refractivity contribution < 1.29 is 4.42 Å². The van der Waals surface area contributed by atoms with E-state index in [1.807, 2.05) is 6.07 Å². The number of para-hydroxylation sites is 3. The van der Waals surface area contributed by atoms with E-state index in [0.29, 0.717) is 5.95 Å². The van der Waals surface area contributed by atoms with E-state index >= 15 is 0 Å². The Morgan fingerprint density at radius 2 is 1.09 bits per heavy atom. The molecule has 0 aliphatic heterocycles. The van der Waals surface area contributed by atoms with Gasteiger partial charge in [0.05, 0.1) is 33.3 Å². The molecule has 0 N–H and O–H groups in total. The van der Waals surface area contributed by atoms with E-state index < -0.39 is 0 Å². The minimum atomic E-state index is 0.621. The zero-order valence-corrected chi connectivity index (χ0v) is 28.4. The number of hydrogen-bond donors (Lipinski definition) is 0. The van der Waals surface area contributed by atoms with Crippen LogP contribution in [0.4, 0.5) is 0 Å². The van der Waals surface area contributed by atoms with Crippen LogP contribution in [0, 0.1) is 0 Å². The third-order valence-corrected chi connectivity index (χ3v) is 10.9. The van der Waals surface area contributed by atoms with Gasteiger partial charge in [-0.05, 0) is 53.2 Å². The minimum Gasteiger partial charge on any atom is -0.456 e. The summed E-state index contributed by atoms with van der Waals surface area (Å²) >= 11 is 0. The molecule has 0 aliphatic rings. The van der Waals surface area contributed by atoms with Gasteiger partial charge in [0.1, 0.15) is 11.2 Å². The van der Waals surface area contributed by atoms with E-state index in [2.05, 4.69) is 173 Å². The lowest BCUT2D eigenvalue weighted by atomic mass is 10.0. The predicted octanol–water partition coefficient (Wildman–Crippen LogP) is 12.5. The molecule has 0 fully saturated rings. The van der Waals surface area contributed by atoms with Crippen molar-refractivity contribution in [1.29, 1.82) is 0 Å². The molecule has 0 amide bonds. The second-order valence-electron chi connectivity index (χ2n) is 13.7. The monoisotopic (exact) mass is 676 g/mol. The van der Waals surface area contributed by atoms with Crippen molar-refractivity contribution in [2.75, 3.05) is 0 Å². The lowest BCUT2D eigenvalue weighted by molar-refractivity contribution is 0.669. The van der Waals surface area contributed by atoms with Crippen LogP contribution in [0.5, 0.6) is 0 Å². The summed E-state index contributed by atoms with van der Waals surface area (Å²) in [6.07, 6.45) is 0. The molecule has 0 atom stereocenters. The van der Waals surface area contributed by atoms with E-state index in [9.17, 15) is 0 Å². The highest BCUT2D eigenvalue weighted by molar-refractivity contribution is 6.31. The Kier molecular flexibility index (Phi) is 5.71. The quantitative estimate of drug-likeness (QED) is 0.175. The number of nitrogens with zero attached hydrogens (tertiary/aromatic N) is 4. The lowest BCUT2D eigenvalue weighted by Crippen LogP contribution is -2.05. The fourth-order valence-electron chi connectivity index (χ4n) is 8.70. The Bertz CT molecular complexity index is 3450. The van der Waals surface area contributed by atoms with Crippen LogP contribution in [0.25, 0.3) is 110 Å². The van der Waals surface area contributed by atoms with Crippen molar-refractivity contribution >= 4 is 87.2 Å². The average molecular weight is 677 g/mol. The fourth-order valence-corrected chi connectivity index (χ4v) is 8.70. The third-order valence-electron chi connectivity index (χ3n) is 10.9. The highest BCUT2D eigenvalue weighted by atomic mass is 16.3. The lowest BCUT2D eigenvalue weighted by Gasteiger charge is -2.15. The number of benzene rings is 8. The number of rotatable bonds is 3. The molecule has 5 heteroatoms. The van der Waals surface area contributed by atoms with Crippen LogP contribution in [0.2, 0.25) is 0 Å². The summed E-state index contributed by atoms with van der Waals surface area (Å²) in [7, 11) is 0. The molecule has 0 radical (unpaired) electrons. The van der Waals surface area contributed by atoms with E-state index in [4.69, 9.17) is 14.4 Å². The summed E-state index contributed by atoms with van der Waals surface area (Å²) in [4.78, 5) is 11.0. The van der Waals surface area contributed by atoms with Crippen LogP contribution in [-0.4, -0.2) is 19.1 Å². The topological polar surface area (TPSA) is 48.8 Å². The van der Waals surface area contributed by atoms with E-state index in [1.54, 1.807) is 0 Å². The summed E-state index contributed by atoms with van der Waals surface area (Å²) in [6, 6.07) is 59.8. The molecule has 0 spiro atoms. The van der Waals surface area contributed by atoms with Gasteiger partial charge in [0.2, 0.25) is 5.95 Å². The van der Waals surface area contributed by atoms with Gasteiger partial charge in [-0.1, -0.05) is 127 Å². The predicted molar refractivity (Wildman–Crippen MR) is 218 cm³/mol. The maximum absolute atomic E-state index is 6.48. The van der Waals surface area contributed by atoms with Crippen molar-refractivity contribution in [2.24, 2.45) is 0 Å². The minimum absolute atomic E-state index is 0.621. The van der Waals surface area contributed by atoms with Crippen LogP contribution in [-0.2, 0) is 0 Å². The van der Waals surface area contributed by atoms with Gasteiger partial charge in [-0.15, -0.1) is 0 Å². The molecule has 5 nitrogen and oxygen atoms in total.